The SMILES string of the molecule is NC1=NC2[C@@H](CN3C(=O)CCC3=O)N=C(N)N3C[C@H](NC(=O)c4cccc5c4CCCC5(F)F)C(O)(O)C23N1. The lowest BCUT2D eigenvalue weighted by atomic mass is 9.84. The van der Waals surface area contributed by atoms with E-state index in [1.54, 1.807) is 0 Å². The summed E-state index contributed by atoms with van der Waals surface area (Å²) in [5.41, 5.74) is 10.3. The molecular weight excluding hydrogens is 518 g/mol. The van der Waals surface area contributed by atoms with Crippen molar-refractivity contribution in [3.63, 3.8) is 0 Å². The van der Waals surface area contributed by atoms with E-state index in [2.05, 4.69) is 20.6 Å². The summed E-state index contributed by atoms with van der Waals surface area (Å²) in [7, 11) is 0. The first-order valence-corrected chi connectivity index (χ1v) is 12.7. The molecule has 4 atom stereocenters. The molecule has 0 radical (unpaired) electrons. The highest BCUT2D eigenvalue weighted by Crippen LogP contribution is 2.45. The predicted octanol–water partition coefficient (Wildman–Crippen LogP) is -1.96. The highest BCUT2D eigenvalue weighted by molar-refractivity contribution is 6.02. The molecule has 1 aliphatic carbocycles. The van der Waals surface area contributed by atoms with Crippen LogP contribution in [0.3, 0.4) is 0 Å². The molecule has 2 fully saturated rings. The van der Waals surface area contributed by atoms with Crippen LogP contribution in [-0.2, 0) is 21.9 Å². The van der Waals surface area contributed by atoms with Gasteiger partial charge in [0.1, 0.15) is 12.1 Å². The van der Waals surface area contributed by atoms with Crippen molar-refractivity contribution in [2.75, 3.05) is 13.1 Å². The minimum atomic E-state index is -3.07. The van der Waals surface area contributed by atoms with Gasteiger partial charge in [-0.25, -0.2) is 18.8 Å². The number of halogens is 2. The number of amides is 3. The molecule has 0 saturated carbocycles. The fourth-order valence-corrected chi connectivity index (χ4v) is 6.52. The van der Waals surface area contributed by atoms with Crippen LogP contribution in [-0.4, -0.2) is 92.3 Å². The Morgan fingerprint density at radius 3 is 2.59 bits per heavy atom. The molecule has 1 spiro atoms. The van der Waals surface area contributed by atoms with E-state index in [0.717, 1.165) is 4.90 Å². The van der Waals surface area contributed by atoms with Gasteiger partial charge in [-0.05, 0) is 24.5 Å². The van der Waals surface area contributed by atoms with Gasteiger partial charge in [0.15, 0.2) is 17.6 Å². The van der Waals surface area contributed by atoms with Gasteiger partial charge < -0.3 is 37.2 Å². The van der Waals surface area contributed by atoms with Crippen LogP contribution < -0.4 is 22.1 Å². The molecule has 13 nitrogen and oxygen atoms in total. The summed E-state index contributed by atoms with van der Waals surface area (Å²) < 4.78 is 29.0. The fraction of sp³-hybridized carbons (Fsp3) is 0.542. The molecule has 1 aromatic rings. The second-order valence-corrected chi connectivity index (χ2v) is 10.6. The zero-order chi connectivity index (χ0) is 27.9. The van der Waals surface area contributed by atoms with Crippen LogP contribution in [0.25, 0.3) is 0 Å². The van der Waals surface area contributed by atoms with Gasteiger partial charge in [0.05, 0.1) is 12.6 Å². The van der Waals surface area contributed by atoms with Crippen molar-refractivity contribution in [3.8, 4) is 0 Å². The molecule has 8 N–H and O–H groups in total. The molecular formula is C24H28F2N8O5. The van der Waals surface area contributed by atoms with Gasteiger partial charge in [-0.2, -0.15) is 0 Å². The van der Waals surface area contributed by atoms with Crippen molar-refractivity contribution < 1.29 is 33.4 Å². The van der Waals surface area contributed by atoms with E-state index in [9.17, 15) is 33.4 Å². The number of fused-ring (bicyclic) bond motifs is 1. The van der Waals surface area contributed by atoms with Gasteiger partial charge in [0.2, 0.25) is 17.6 Å². The van der Waals surface area contributed by atoms with Gasteiger partial charge in [-0.15, -0.1) is 0 Å². The largest absolute Gasteiger partial charge is 0.370 e. The number of rotatable bonds is 4. The molecule has 208 valence electrons. The number of nitrogens with one attached hydrogen (secondary N) is 2. The lowest BCUT2D eigenvalue weighted by Crippen LogP contribution is -2.78. The number of carbonyl (C=O) groups excluding carboxylic acids is 3. The molecule has 0 aromatic heterocycles. The quantitative estimate of drug-likeness (QED) is 0.183. The number of hydrogen-bond donors (Lipinski definition) is 6. The lowest BCUT2D eigenvalue weighted by Gasteiger charge is -2.49. The van der Waals surface area contributed by atoms with Crippen LogP contribution in [0.1, 0.15) is 47.2 Å². The summed E-state index contributed by atoms with van der Waals surface area (Å²) in [5.74, 6) is -7.66. The number of carbonyl (C=O) groups is 3. The van der Waals surface area contributed by atoms with Crippen LogP contribution in [0.15, 0.2) is 28.2 Å². The van der Waals surface area contributed by atoms with Crippen molar-refractivity contribution in [3.05, 3.63) is 34.9 Å². The van der Waals surface area contributed by atoms with Crippen LogP contribution in [0.2, 0.25) is 0 Å². The predicted molar refractivity (Wildman–Crippen MR) is 131 cm³/mol. The smallest absolute Gasteiger partial charge is 0.273 e. The summed E-state index contributed by atoms with van der Waals surface area (Å²) >= 11 is 0. The van der Waals surface area contributed by atoms with E-state index in [1.807, 2.05) is 0 Å². The van der Waals surface area contributed by atoms with E-state index in [0.29, 0.717) is 0 Å². The van der Waals surface area contributed by atoms with E-state index < -0.39 is 41.4 Å². The standard InChI is InChI=1S/C24H28F2N8O5/c25-22(26)8-2-4-11-12(3-1-5-13(11)22)19(37)30-15-10-34-21(28)29-14(9-33-16(35)6-7-17(33)36)18-23(34,24(15,38)39)32-20(27)31-18/h1,3,5,14-15,18,38-39H,2,4,6-10H2,(H2,28,29)(H,30,37)(H3,27,31,32)/t14-,15+,18?,23?/m1/s1. The Balaban J connectivity index is 1.32. The van der Waals surface area contributed by atoms with Gasteiger partial charge in [0, 0.05) is 36.9 Å². The van der Waals surface area contributed by atoms with Gasteiger partial charge in [-0.1, -0.05) is 12.1 Å². The van der Waals surface area contributed by atoms with Crippen LogP contribution >= 0.6 is 0 Å². The Hall–Kier alpha value is -3.85. The number of nitrogens with zero attached hydrogens (tertiary/aromatic N) is 4. The Morgan fingerprint density at radius 2 is 1.87 bits per heavy atom. The van der Waals surface area contributed by atoms with Gasteiger partial charge >= 0.3 is 0 Å². The minimum Gasteiger partial charge on any atom is -0.370 e. The third kappa shape index (κ3) is 3.52. The maximum absolute atomic E-state index is 14.5. The van der Waals surface area contributed by atoms with Crippen molar-refractivity contribution in [1.29, 1.82) is 0 Å². The maximum Gasteiger partial charge on any atom is 0.273 e. The van der Waals surface area contributed by atoms with Crippen LogP contribution in [0, 0.1) is 0 Å². The zero-order valence-electron chi connectivity index (χ0n) is 20.7. The fourth-order valence-electron chi connectivity index (χ4n) is 6.52. The third-order valence-corrected chi connectivity index (χ3v) is 8.36. The topological polar surface area (TPSA) is 199 Å². The average Bonchev–Trinajstić information content (AvgIpc) is 3.46. The second-order valence-electron chi connectivity index (χ2n) is 10.6. The molecule has 2 saturated heterocycles. The number of nitrogens with two attached hydrogens (primary N) is 2. The molecule has 1 aromatic carbocycles. The molecule has 39 heavy (non-hydrogen) atoms. The minimum absolute atomic E-state index is 0.0160. The molecule has 3 amide bonds. The number of hydrogen-bond acceptors (Lipinski definition) is 11. The van der Waals surface area contributed by atoms with E-state index in [4.69, 9.17) is 11.5 Å². The van der Waals surface area contributed by atoms with Crippen molar-refractivity contribution in [2.24, 2.45) is 21.5 Å². The van der Waals surface area contributed by atoms with Crippen molar-refractivity contribution >= 4 is 29.6 Å². The molecule has 0 bridgehead atoms. The number of likely N-dealkylation sites (tertiary alicyclic amines) is 1. The van der Waals surface area contributed by atoms with Crippen molar-refractivity contribution in [1.82, 2.24) is 20.4 Å². The first-order valence-electron chi connectivity index (χ1n) is 12.7. The summed E-state index contributed by atoms with van der Waals surface area (Å²) in [5, 5.41) is 28.5. The summed E-state index contributed by atoms with van der Waals surface area (Å²) in [6.45, 7) is -0.436. The first kappa shape index (κ1) is 25.4. The van der Waals surface area contributed by atoms with Gasteiger partial charge in [-0.3, -0.25) is 19.3 Å². The van der Waals surface area contributed by atoms with Crippen molar-refractivity contribution in [2.45, 2.75) is 67.6 Å². The second kappa shape index (κ2) is 8.32. The normalized spacial score (nSPS) is 32.2. The van der Waals surface area contributed by atoms with E-state index >= 15 is 0 Å². The molecule has 5 aliphatic rings. The number of alkyl halides is 2. The van der Waals surface area contributed by atoms with Crippen LogP contribution in [0.4, 0.5) is 8.78 Å². The van der Waals surface area contributed by atoms with Crippen LogP contribution in [0.5, 0.6) is 0 Å². The lowest BCUT2D eigenvalue weighted by molar-refractivity contribution is -0.230. The highest BCUT2D eigenvalue weighted by atomic mass is 19.3. The molecule has 4 heterocycles. The Kier molecular flexibility index (Phi) is 5.43. The molecule has 6 rings (SSSR count). The van der Waals surface area contributed by atoms with E-state index in [-0.39, 0.29) is 85.6 Å². The Labute approximate surface area is 220 Å². The highest BCUT2D eigenvalue weighted by Gasteiger charge is 2.73. The molecule has 4 aliphatic heterocycles. The molecule has 2 unspecified atom stereocenters. The average molecular weight is 547 g/mol. The number of aliphatic imine (C=N–C) groups is 2. The monoisotopic (exact) mass is 546 g/mol. The summed E-state index contributed by atoms with van der Waals surface area (Å²) in [6.07, 6.45) is 0.284. The third-order valence-electron chi connectivity index (χ3n) is 8.36. The maximum atomic E-state index is 14.5. The zero-order valence-corrected chi connectivity index (χ0v) is 20.7. The Bertz CT molecular complexity index is 1330. The van der Waals surface area contributed by atoms with Gasteiger partial charge in [0.25, 0.3) is 11.8 Å². The Morgan fingerprint density at radius 1 is 1.15 bits per heavy atom. The van der Waals surface area contributed by atoms with E-state index in [1.165, 1.54) is 23.1 Å². The number of guanidine groups is 2. The summed E-state index contributed by atoms with van der Waals surface area (Å²) in [6, 6.07) is 0.628. The number of imide groups is 1. The number of aliphatic hydroxyl groups is 2. The number of benzene rings is 1. The molecule has 15 heteroatoms. The first-order chi connectivity index (χ1) is 18.4. The summed E-state index contributed by atoms with van der Waals surface area (Å²) in [4.78, 5) is 48.9.